The van der Waals surface area contributed by atoms with Gasteiger partial charge in [-0.15, -0.1) is 0 Å². The van der Waals surface area contributed by atoms with E-state index in [1.54, 1.807) is 4.80 Å². The zero-order valence-corrected chi connectivity index (χ0v) is 20.3. The molecule has 2 unspecified atom stereocenters. The van der Waals surface area contributed by atoms with E-state index in [0.717, 1.165) is 50.6 Å². The van der Waals surface area contributed by atoms with Crippen LogP contribution in [0.25, 0.3) is 0 Å². The smallest absolute Gasteiger partial charge is 0.159 e. The minimum atomic E-state index is -0.510. The van der Waals surface area contributed by atoms with Gasteiger partial charge in [0.15, 0.2) is 5.78 Å². The number of Topliss-reactive ketones (excluding diaryl/α,β-unsaturated/α-hetero) is 1. The molecule has 5 nitrogen and oxygen atoms in total. The number of ketones is 1. The number of halogens is 1. The lowest BCUT2D eigenvalue weighted by Gasteiger charge is -2.57. The van der Waals surface area contributed by atoms with Crippen molar-refractivity contribution in [2.45, 2.75) is 96.1 Å². The molecule has 0 radical (unpaired) electrons. The molecule has 5 saturated carbocycles. The van der Waals surface area contributed by atoms with Gasteiger partial charge in [0.2, 0.25) is 0 Å². The van der Waals surface area contributed by atoms with Crippen LogP contribution in [0.4, 0.5) is 4.39 Å². The average Bonchev–Trinajstić information content (AvgIpc) is 3.44. The molecule has 1 aromatic heterocycles. The summed E-state index contributed by atoms with van der Waals surface area (Å²) in [6.45, 7) is 4.23. The van der Waals surface area contributed by atoms with E-state index in [1.165, 1.54) is 12.8 Å². The van der Waals surface area contributed by atoms with Crippen LogP contribution >= 0.6 is 0 Å². The summed E-state index contributed by atoms with van der Waals surface area (Å²) >= 11 is 0. The highest BCUT2D eigenvalue weighted by Gasteiger charge is 2.62. The Balaban J connectivity index is 1.21. The molecule has 6 rings (SSSR count). The van der Waals surface area contributed by atoms with Gasteiger partial charge >= 0.3 is 0 Å². The van der Waals surface area contributed by atoms with E-state index >= 15 is 0 Å². The first-order valence-electron chi connectivity index (χ1n) is 13.5. The number of nitrogens with zero attached hydrogens (tertiary/aromatic N) is 3. The summed E-state index contributed by atoms with van der Waals surface area (Å²) < 4.78 is 14.4. The number of aromatic nitrogens is 3. The van der Waals surface area contributed by atoms with Gasteiger partial charge in [-0.1, -0.05) is 6.92 Å². The van der Waals surface area contributed by atoms with Crippen LogP contribution in [-0.4, -0.2) is 38.2 Å². The third-order valence-electron chi connectivity index (χ3n) is 10.8. The van der Waals surface area contributed by atoms with Gasteiger partial charge in [-0.05, 0) is 112 Å². The molecule has 5 aliphatic rings. The van der Waals surface area contributed by atoms with Crippen LogP contribution in [0.15, 0.2) is 6.20 Å². The molecule has 5 fully saturated rings. The normalized spacial score (nSPS) is 47.0. The first-order chi connectivity index (χ1) is 15.8. The van der Waals surface area contributed by atoms with Gasteiger partial charge in [0, 0.05) is 11.8 Å². The van der Waals surface area contributed by atoms with Crippen molar-refractivity contribution >= 4 is 5.78 Å². The summed E-state index contributed by atoms with van der Waals surface area (Å²) in [6.07, 6.45) is 12.3. The Morgan fingerprint density at radius 1 is 1.12 bits per heavy atom. The fourth-order valence-corrected chi connectivity index (χ4v) is 9.23. The number of fused-ring (bicyclic) bond motifs is 5. The predicted octanol–water partition coefficient (Wildman–Crippen LogP) is 4.94. The molecule has 0 amide bonds. The number of aliphatic hydroxyl groups is 1. The van der Waals surface area contributed by atoms with Gasteiger partial charge in [0.05, 0.1) is 24.2 Å². The highest BCUT2D eigenvalue weighted by atomic mass is 19.1. The maximum Gasteiger partial charge on any atom is 0.159 e. The molecule has 0 aliphatic heterocycles. The third kappa shape index (κ3) is 3.70. The lowest BCUT2D eigenvalue weighted by atomic mass is 9.48. The zero-order valence-electron chi connectivity index (χ0n) is 20.3. The molecule has 1 aromatic rings. The molecule has 1 heterocycles. The summed E-state index contributed by atoms with van der Waals surface area (Å²) in [5, 5.41) is 19.6. The van der Waals surface area contributed by atoms with Crippen LogP contribution in [0.1, 0.15) is 89.7 Å². The molecule has 0 saturated heterocycles. The van der Waals surface area contributed by atoms with Crippen LogP contribution in [0, 0.1) is 46.8 Å². The summed E-state index contributed by atoms with van der Waals surface area (Å²) in [4.78, 5) is 15.1. The number of hydrogen-bond donors (Lipinski definition) is 1. The Bertz CT molecular complexity index is 911. The minimum absolute atomic E-state index is 0.00704. The predicted molar refractivity (Wildman–Crippen MR) is 123 cm³/mol. The Kier molecular flexibility index (Phi) is 5.28. The number of rotatable bonds is 5. The van der Waals surface area contributed by atoms with Crippen molar-refractivity contribution < 1.29 is 14.3 Å². The lowest BCUT2D eigenvalue weighted by Crippen LogP contribution is -2.52. The number of carbonyl (C=O) groups excluding carboxylic acids is 1. The van der Waals surface area contributed by atoms with E-state index in [-0.39, 0.29) is 36.3 Å². The molecular weight excluding hydrogens is 417 g/mol. The Labute approximate surface area is 196 Å². The Hall–Kier alpha value is -1.30. The van der Waals surface area contributed by atoms with E-state index < -0.39 is 5.60 Å². The monoisotopic (exact) mass is 457 g/mol. The molecule has 33 heavy (non-hydrogen) atoms. The minimum Gasteiger partial charge on any atom is -0.390 e. The van der Waals surface area contributed by atoms with E-state index in [4.69, 9.17) is 0 Å². The average molecular weight is 458 g/mol. The van der Waals surface area contributed by atoms with E-state index in [1.807, 2.05) is 13.1 Å². The van der Waals surface area contributed by atoms with Crippen LogP contribution in [0.5, 0.6) is 0 Å². The molecule has 182 valence electrons. The van der Waals surface area contributed by atoms with Crippen LogP contribution in [0.2, 0.25) is 0 Å². The van der Waals surface area contributed by atoms with Gasteiger partial charge in [0.25, 0.3) is 0 Å². The molecule has 6 heteroatoms. The zero-order chi connectivity index (χ0) is 23.0. The number of carbonyl (C=O) groups is 1. The van der Waals surface area contributed by atoms with Crippen LogP contribution in [-0.2, 0) is 11.3 Å². The highest BCUT2D eigenvalue weighted by Crippen LogP contribution is 2.66. The van der Waals surface area contributed by atoms with Crippen LogP contribution in [0.3, 0.4) is 0 Å². The second-order valence-corrected chi connectivity index (χ2v) is 12.9. The molecule has 9 atom stereocenters. The van der Waals surface area contributed by atoms with Gasteiger partial charge in [-0.3, -0.25) is 9.18 Å². The van der Waals surface area contributed by atoms with Crippen molar-refractivity contribution in [3.8, 4) is 0 Å². The van der Waals surface area contributed by atoms with Crippen LogP contribution < -0.4 is 0 Å². The van der Waals surface area contributed by atoms with E-state index in [0.29, 0.717) is 41.9 Å². The van der Waals surface area contributed by atoms with Crippen molar-refractivity contribution in [2.24, 2.45) is 46.8 Å². The molecule has 0 spiro atoms. The molecular formula is C27H40FN3O2. The van der Waals surface area contributed by atoms with Crippen molar-refractivity contribution in [2.75, 3.05) is 6.67 Å². The number of alkyl halides is 1. The van der Waals surface area contributed by atoms with E-state index in [2.05, 4.69) is 17.1 Å². The third-order valence-corrected chi connectivity index (χ3v) is 10.8. The summed E-state index contributed by atoms with van der Waals surface area (Å²) in [7, 11) is 0. The van der Waals surface area contributed by atoms with Crippen molar-refractivity contribution in [3.63, 3.8) is 0 Å². The molecule has 0 bridgehead atoms. The molecule has 1 N–H and O–H groups in total. The number of hydrogen-bond acceptors (Lipinski definition) is 4. The second-order valence-electron chi connectivity index (χ2n) is 12.9. The lowest BCUT2D eigenvalue weighted by molar-refractivity contribution is -0.134. The Morgan fingerprint density at radius 3 is 2.67 bits per heavy atom. The standard InChI is InChI=1S/C27H40FN3O2/c1-26(33)9-7-19-17(12-26)5-6-21-20(19)8-10-27(2)22(11-18(13-28)25(21)27)24(32)15-31-29-14-23(30-31)16-3-4-16/h14,16-22,25,33H,3-13,15H2,1-2H3/t17-,18?,19+,20-,21?,22-,25+,26-,27-/m1/s1. The first-order valence-corrected chi connectivity index (χ1v) is 13.5. The van der Waals surface area contributed by atoms with Crippen molar-refractivity contribution in [3.05, 3.63) is 11.9 Å². The van der Waals surface area contributed by atoms with Gasteiger partial charge in [-0.2, -0.15) is 15.0 Å². The van der Waals surface area contributed by atoms with Crippen molar-refractivity contribution in [1.82, 2.24) is 15.0 Å². The molecule has 5 aliphatic carbocycles. The summed E-state index contributed by atoms with van der Waals surface area (Å²) in [5.41, 5.74) is 0.404. The van der Waals surface area contributed by atoms with Gasteiger partial charge in [0.1, 0.15) is 6.54 Å². The SMILES string of the molecule is C[C@@]1(O)CC[C@H]2[C@H](CCC3[C@@H]4C(CF)C[C@H](C(=O)Cn5ncc(C6CC6)n5)[C@@]4(C)CC[C@@H]32)C1. The summed E-state index contributed by atoms with van der Waals surface area (Å²) in [6, 6.07) is 0. The van der Waals surface area contributed by atoms with E-state index in [9.17, 15) is 14.3 Å². The molecule has 0 aromatic carbocycles. The maximum absolute atomic E-state index is 14.4. The fourth-order valence-electron chi connectivity index (χ4n) is 9.23. The highest BCUT2D eigenvalue weighted by molar-refractivity contribution is 5.82. The largest absolute Gasteiger partial charge is 0.390 e. The Morgan fingerprint density at radius 2 is 1.91 bits per heavy atom. The quantitative estimate of drug-likeness (QED) is 0.680. The fraction of sp³-hybridized carbons (Fsp3) is 0.889. The topological polar surface area (TPSA) is 68.0 Å². The maximum atomic E-state index is 14.4. The first kappa shape index (κ1) is 22.2. The summed E-state index contributed by atoms with van der Waals surface area (Å²) in [5.74, 6) is 3.46. The van der Waals surface area contributed by atoms with Gasteiger partial charge < -0.3 is 5.11 Å². The van der Waals surface area contributed by atoms with Crippen molar-refractivity contribution in [1.29, 1.82) is 0 Å². The second kappa shape index (κ2) is 7.86. The van der Waals surface area contributed by atoms with Gasteiger partial charge in [-0.25, -0.2) is 0 Å².